The minimum absolute atomic E-state index is 0.146. The van der Waals surface area contributed by atoms with E-state index >= 15 is 0 Å². The molecular weight excluding hydrogens is 244 g/mol. The molecule has 0 rings (SSSR count). The number of nitrogens with one attached hydrogen (secondary N) is 2. The van der Waals surface area contributed by atoms with Crippen LogP contribution in [0.2, 0.25) is 0 Å². The first kappa shape index (κ1) is 17.9. The number of amides is 1. The fourth-order valence-corrected chi connectivity index (χ4v) is 1.93. The van der Waals surface area contributed by atoms with Crippen LogP contribution in [0.3, 0.4) is 0 Å². The number of rotatable bonds is 8. The van der Waals surface area contributed by atoms with E-state index in [1.165, 1.54) is 7.11 Å². The number of hydrogen-bond donors (Lipinski definition) is 2. The minimum Gasteiger partial charge on any atom is -0.467 e. The predicted octanol–water partition coefficient (Wildman–Crippen LogP) is 1.32. The minimum atomic E-state index is -0.569. The molecule has 0 radical (unpaired) electrons. The lowest BCUT2D eigenvalue weighted by molar-refractivity contribution is -0.145. The van der Waals surface area contributed by atoms with Crippen molar-refractivity contribution in [3.63, 3.8) is 0 Å². The van der Waals surface area contributed by atoms with Crippen LogP contribution in [0.25, 0.3) is 0 Å². The van der Waals surface area contributed by atoms with E-state index in [0.717, 1.165) is 6.42 Å². The lowest BCUT2D eigenvalue weighted by Crippen LogP contribution is -2.50. The zero-order chi connectivity index (χ0) is 15.0. The molecule has 2 N–H and O–H groups in total. The van der Waals surface area contributed by atoms with Crippen molar-refractivity contribution in [2.24, 2.45) is 11.8 Å². The molecule has 0 unspecified atom stereocenters. The number of esters is 1. The maximum atomic E-state index is 12.1. The summed E-state index contributed by atoms with van der Waals surface area (Å²) in [5.74, 6) is 0.182. The van der Waals surface area contributed by atoms with Gasteiger partial charge in [0.15, 0.2) is 0 Å². The van der Waals surface area contributed by atoms with Crippen LogP contribution in [0.1, 0.15) is 40.5 Å². The van der Waals surface area contributed by atoms with E-state index in [2.05, 4.69) is 24.5 Å². The van der Waals surface area contributed by atoms with Gasteiger partial charge in [-0.05, 0) is 31.7 Å². The van der Waals surface area contributed by atoms with Crippen LogP contribution in [-0.2, 0) is 14.3 Å². The van der Waals surface area contributed by atoms with E-state index in [4.69, 9.17) is 4.74 Å². The van der Waals surface area contributed by atoms with Crippen molar-refractivity contribution < 1.29 is 14.3 Å². The number of methoxy groups -OCH3 is 1. The molecule has 0 heterocycles. The van der Waals surface area contributed by atoms with Gasteiger partial charge in [-0.3, -0.25) is 4.79 Å². The summed E-state index contributed by atoms with van der Waals surface area (Å²) in [7, 11) is 3.09. The lowest BCUT2D eigenvalue weighted by atomic mass is 10.0. The van der Waals surface area contributed by atoms with Gasteiger partial charge in [-0.25, -0.2) is 4.79 Å². The first-order valence-corrected chi connectivity index (χ1v) is 6.87. The van der Waals surface area contributed by atoms with Crippen molar-refractivity contribution in [1.29, 1.82) is 0 Å². The third-order valence-corrected chi connectivity index (χ3v) is 2.88. The van der Waals surface area contributed by atoms with E-state index < -0.39 is 6.04 Å². The van der Waals surface area contributed by atoms with E-state index in [1.54, 1.807) is 7.05 Å². The van der Waals surface area contributed by atoms with Crippen LogP contribution in [0.4, 0.5) is 0 Å². The standard InChI is InChI=1S/C14H28N2O3/c1-9(2)7-11(15-5)13(17)16-12(8-10(3)4)14(18)19-6/h9-12,15H,7-8H2,1-6H3,(H,16,17)/t11-,12-/m0/s1. The van der Waals surface area contributed by atoms with Crippen LogP contribution in [0, 0.1) is 11.8 Å². The molecule has 0 aliphatic heterocycles. The molecule has 2 atom stereocenters. The summed E-state index contributed by atoms with van der Waals surface area (Å²) in [6.45, 7) is 8.13. The first-order valence-electron chi connectivity index (χ1n) is 6.87. The molecule has 0 bridgehead atoms. The summed E-state index contributed by atoms with van der Waals surface area (Å²) >= 11 is 0. The zero-order valence-corrected chi connectivity index (χ0v) is 12.9. The average molecular weight is 272 g/mol. The lowest BCUT2D eigenvalue weighted by Gasteiger charge is -2.23. The Kier molecular flexibility index (Phi) is 8.39. The van der Waals surface area contributed by atoms with Crippen LogP contribution < -0.4 is 10.6 Å². The molecule has 0 aromatic rings. The molecule has 0 aliphatic rings. The fourth-order valence-electron chi connectivity index (χ4n) is 1.93. The van der Waals surface area contributed by atoms with Crippen molar-refractivity contribution >= 4 is 11.9 Å². The Hall–Kier alpha value is -1.10. The molecule has 0 saturated heterocycles. The number of likely N-dealkylation sites (N-methyl/N-ethyl adjacent to an activating group) is 1. The molecule has 0 saturated carbocycles. The Bertz CT molecular complexity index is 290. The summed E-state index contributed by atoms with van der Waals surface area (Å²) in [5, 5.41) is 5.76. The molecule has 0 aliphatic carbocycles. The van der Waals surface area contributed by atoms with Gasteiger partial charge in [0, 0.05) is 0 Å². The predicted molar refractivity (Wildman–Crippen MR) is 75.7 cm³/mol. The smallest absolute Gasteiger partial charge is 0.328 e. The normalized spacial score (nSPS) is 14.3. The van der Waals surface area contributed by atoms with Crippen molar-refractivity contribution in [2.75, 3.05) is 14.2 Å². The molecule has 112 valence electrons. The Labute approximate surface area is 116 Å². The van der Waals surface area contributed by atoms with E-state index in [-0.39, 0.29) is 17.9 Å². The van der Waals surface area contributed by atoms with Gasteiger partial charge in [0.05, 0.1) is 13.2 Å². The fraction of sp³-hybridized carbons (Fsp3) is 0.857. The molecule has 5 nitrogen and oxygen atoms in total. The number of carbonyl (C=O) groups is 2. The van der Waals surface area contributed by atoms with Crippen LogP contribution in [0.15, 0.2) is 0 Å². The summed E-state index contributed by atoms with van der Waals surface area (Å²) in [6, 6.07) is -0.847. The molecule has 19 heavy (non-hydrogen) atoms. The van der Waals surface area contributed by atoms with Crippen LogP contribution >= 0.6 is 0 Å². The van der Waals surface area contributed by atoms with Crippen molar-refractivity contribution in [3.05, 3.63) is 0 Å². The second kappa shape index (κ2) is 8.91. The van der Waals surface area contributed by atoms with Gasteiger partial charge in [-0.2, -0.15) is 0 Å². The van der Waals surface area contributed by atoms with Gasteiger partial charge in [0.2, 0.25) is 5.91 Å². The summed E-state index contributed by atoms with van der Waals surface area (Å²) in [6.07, 6.45) is 1.31. The number of carbonyl (C=O) groups excluding carboxylic acids is 2. The van der Waals surface area contributed by atoms with Crippen LogP contribution in [0.5, 0.6) is 0 Å². The Balaban J connectivity index is 4.63. The highest BCUT2D eigenvalue weighted by atomic mass is 16.5. The van der Waals surface area contributed by atoms with E-state index in [1.807, 2.05) is 13.8 Å². The monoisotopic (exact) mass is 272 g/mol. The van der Waals surface area contributed by atoms with Gasteiger partial charge in [-0.15, -0.1) is 0 Å². The molecule has 0 fully saturated rings. The van der Waals surface area contributed by atoms with Gasteiger partial charge in [0.1, 0.15) is 6.04 Å². The largest absolute Gasteiger partial charge is 0.467 e. The van der Waals surface area contributed by atoms with Crippen molar-refractivity contribution in [2.45, 2.75) is 52.6 Å². The number of hydrogen-bond acceptors (Lipinski definition) is 4. The molecule has 1 amide bonds. The molecule has 5 heteroatoms. The highest BCUT2D eigenvalue weighted by molar-refractivity contribution is 5.87. The summed E-state index contributed by atoms with van der Waals surface area (Å²) in [4.78, 5) is 23.8. The van der Waals surface area contributed by atoms with Crippen molar-refractivity contribution in [1.82, 2.24) is 10.6 Å². The topological polar surface area (TPSA) is 67.4 Å². The summed E-state index contributed by atoms with van der Waals surface area (Å²) in [5.41, 5.74) is 0. The maximum Gasteiger partial charge on any atom is 0.328 e. The maximum absolute atomic E-state index is 12.1. The number of ether oxygens (including phenoxy) is 1. The van der Waals surface area contributed by atoms with Gasteiger partial charge < -0.3 is 15.4 Å². The van der Waals surface area contributed by atoms with Gasteiger partial charge in [-0.1, -0.05) is 27.7 Å². The summed E-state index contributed by atoms with van der Waals surface area (Å²) < 4.78 is 4.73. The van der Waals surface area contributed by atoms with Crippen molar-refractivity contribution in [3.8, 4) is 0 Å². The third-order valence-electron chi connectivity index (χ3n) is 2.88. The highest BCUT2D eigenvalue weighted by Crippen LogP contribution is 2.09. The quantitative estimate of drug-likeness (QED) is 0.654. The second-order valence-corrected chi connectivity index (χ2v) is 5.68. The zero-order valence-electron chi connectivity index (χ0n) is 12.9. The second-order valence-electron chi connectivity index (χ2n) is 5.68. The first-order chi connectivity index (χ1) is 8.81. The average Bonchev–Trinajstić information content (AvgIpc) is 2.33. The van der Waals surface area contributed by atoms with Gasteiger partial charge in [0.25, 0.3) is 0 Å². The Morgan fingerprint density at radius 1 is 1.00 bits per heavy atom. The SMILES string of the molecule is CN[C@@H](CC(C)C)C(=O)N[C@@H](CC(C)C)C(=O)OC. The molecular formula is C14H28N2O3. The molecule has 0 spiro atoms. The molecule has 0 aromatic carbocycles. The van der Waals surface area contributed by atoms with Crippen LogP contribution in [-0.4, -0.2) is 38.1 Å². The van der Waals surface area contributed by atoms with Gasteiger partial charge >= 0.3 is 5.97 Å². The van der Waals surface area contributed by atoms with E-state index in [0.29, 0.717) is 18.3 Å². The third kappa shape index (κ3) is 7.15. The van der Waals surface area contributed by atoms with E-state index in [9.17, 15) is 9.59 Å². The Morgan fingerprint density at radius 3 is 1.84 bits per heavy atom. The molecule has 0 aromatic heterocycles. The Morgan fingerprint density at radius 2 is 1.47 bits per heavy atom. The highest BCUT2D eigenvalue weighted by Gasteiger charge is 2.26.